The summed E-state index contributed by atoms with van der Waals surface area (Å²) >= 11 is 0. The molecule has 0 rings (SSSR count). The summed E-state index contributed by atoms with van der Waals surface area (Å²) in [7, 11) is 2.31. The van der Waals surface area contributed by atoms with Gasteiger partial charge in [0.05, 0.1) is 0 Å². The van der Waals surface area contributed by atoms with Crippen molar-refractivity contribution < 1.29 is 18.0 Å². The molecule has 25 heavy (non-hydrogen) atoms. The van der Waals surface area contributed by atoms with Gasteiger partial charge in [0.1, 0.15) is 6.23 Å². The minimum absolute atomic E-state index is 0.439. The second-order valence-corrected chi connectivity index (χ2v) is 9.82. The lowest BCUT2D eigenvalue weighted by molar-refractivity contribution is 0.0622. The van der Waals surface area contributed by atoms with Crippen LogP contribution in [-0.4, -0.2) is 43.0 Å². The Bertz CT molecular complexity index is 252. The minimum Gasteiger partial charge on any atom is -0.377 e. The van der Waals surface area contributed by atoms with Crippen LogP contribution in [0.3, 0.4) is 0 Å². The van der Waals surface area contributed by atoms with E-state index in [9.17, 15) is 0 Å². The van der Waals surface area contributed by atoms with Gasteiger partial charge in [0, 0.05) is 27.9 Å². The number of unbranched alkanes of at least 4 members (excludes halogenated alkanes) is 13. The number of ether oxygens (including phenoxy) is 1. The molecule has 0 amide bonds. The third kappa shape index (κ3) is 14.9. The van der Waals surface area contributed by atoms with Crippen LogP contribution in [0.15, 0.2) is 0 Å². The fourth-order valence-electron chi connectivity index (χ4n) is 3.02. The third-order valence-electron chi connectivity index (χ3n) is 4.85. The van der Waals surface area contributed by atoms with Crippen LogP contribution in [0, 0.1) is 0 Å². The summed E-state index contributed by atoms with van der Waals surface area (Å²) in [6, 6.07) is 0. The van der Waals surface area contributed by atoms with Crippen LogP contribution in [0.25, 0.3) is 0 Å². The molecule has 152 valence electrons. The van der Waals surface area contributed by atoms with Crippen molar-refractivity contribution in [1.82, 2.24) is 0 Å². The predicted octanol–water partition coefficient (Wildman–Crippen LogP) is 5.90. The van der Waals surface area contributed by atoms with Crippen LogP contribution < -0.4 is 0 Å². The SMILES string of the molecule is CCCCCCCCCCCCCCCCOC[Si](OC)(OC)OC. The molecule has 0 atom stereocenters. The Morgan fingerprint density at radius 2 is 0.880 bits per heavy atom. The average Bonchev–Trinajstić information content (AvgIpc) is 2.65. The third-order valence-corrected chi connectivity index (χ3v) is 7.28. The van der Waals surface area contributed by atoms with Crippen LogP contribution in [-0.2, 0) is 18.0 Å². The Labute approximate surface area is 158 Å². The van der Waals surface area contributed by atoms with Gasteiger partial charge >= 0.3 is 8.80 Å². The molecule has 0 bridgehead atoms. The lowest BCUT2D eigenvalue weighted by atomic mass is 10.0. The average molecular weight is 377 g/mol. The number of hydrogen-bond donors (Lipinski definition) is 0. The zero-order chi connectivity index (χ0) is 18.6. The lowest BCUT2D eigenvalue weighted by Gasteiger charge is -2.23. The Morgan fingerprint density at radius 1 is 0.520 bits per heavy atom. The second kappa shape index (κ2) is 18.8. The fraction of sp³-hybridized carbons (Fsp3) is 1.00. The summed E-state index contributed by atoms with van der Waals surface area (Å²) in [5.74, 6) is 0. The Kier molecular flexibility index (Phi) is 18.9. The smallest absolute Gasteiger partial charge is 0.377 e. The van der Waals surface area contributed by atoms with Crippen molar-refractivity contribution in [1.29, 1.82) is 0 Å². The summed E-state index contributed by atoms with van der Waals surface area (Å²) in [6.07, 6.45) is 19.7. The highest BCUT2D eigenvalue weighted by atomic mass is 28.4. The standard InChI is InChI=1S/C20H44O4Si/c1-5-6-7-8-9-10-11-12-13-14-15-16-17-18-19-24-20-25(21-2,22-3)23-4/h5-20H2,1-4H3. The maximum atomic E-state index is 5.67. The summed E-state index contributed by atoms with van der Waals surface area (Å²) in [5.41, 5.74) is 0. The lowest BCUT2D eigenvalue weighted by Crippen LogP contribution is -2.48. The molecule has 0 aliphatic rings. The van der Waals surface area contributed by atoms with E-state index in [1.165, 1.54) is 83.5 Å². The van der Waals surface area contributed by atoms with E-state index in [4.69, 9.17) is 18.0 Å². The Hall–Kier alpha value is 0.0569. The van der Waals surface area contributed by atoms with E-state index in [0.717, 1.165) is 13.0 Å². The summed E-state index contributed by atoms with van der Waals surface area (Å²) in [6.45, 7) is 3.05. The molecule has 0 N–H and O–H groups in total. The zero-order valence-electron chi connectivity index (χ0n) is 17.4. The largest absolute Gasteiger partial charge is 0.527 e. The van der Waals surface area contributed by atoms with Crippen LogP contribution in [0.1, 0.15) is 96.8 Å². The molecule has 0 aliphatic carbocycles. The molecular weight excluding hydrogens is 332 g/mol. The van der Waals surface area contributed by atoms with Crippen molar-refractivity contribution in [3.05, 3.63) is 0 Å². The molecule has 0 radical (unpaired) electrons. The van der Waals surface area contributed by atoms with Gasteiger partial charge in [-0.15, -0.1) is 0 Å². The summed E-state index contributed by atoms with van der Waals surface area (Å²) in [4.78, 5) is 0. The van der Waals surface area contributed by atoms with Crippen molar-refractivity contribution >= 4 is 8.80 Å². The highest BCUT2D eigenvalue weighted by Crippen LogP contribution is 2.13. The Morgan fingerprint density at radius 3 is 1.24 bits per heavy atom. The van der Waals surface area contributed by atoms with Gasteiger partial charge < -0.3 is 18.0 Å². The van der Waals surface area contributed by atoms with Crippen LogP contribution in [0.2, 0.25) is 0 Å². The quantitative estimate of drug-likeness (QED) is 0.196. The maximum Gasteiger partial charge on any atom is 0.527 e. The van der Waals surface area contributed by atoms with Gasteiger partial charge in [-0.2, -0.15) is 0 Å². The molecule has 0 heterocycles. The van der Waals surface area contributed by atoms with E-state index in [2.05, 4.69) is 6.92 Å². The molecular formula is C20H44O4Si. The molecule has 0 aromatic heterocycles. The van der Waals surface area contributed by atoms with E-state index in [0.29, 0.717) is 6.23 Å². The first kappa shape index (κ1) is 25.1. The second-order valence-electron chi connectivity index (χ2n) is 6.94. The number of rotatable bonds is 20. The zero-order valence-corrected chi connectivity index (χ0v) is 18.4. The maximum absolute atomic E-state index is 5.67. The predicted molar refractivity (Wildman–Crippen MR) is 108 cm³/mol. The van der Waals surface area contributed by atoms with Crippen molar-refractivity contribution in [2.24, 2.45) is 0 Å². The first-order chi connectivity index (χ1) is 12.2. The van der Waals surface area contributed by atoms with Crippen LogP contribution in [0.4, 0.5) is 0 Å². The first-order valence-corrected chi connectivity index (χ1v) is 12.4. The highest BCUT2D eigenvalue weighted by molar-refractivity contribution is 6.60. The normalized spacial score (nSPS) is 12.0. The Balaban J connectivity index is 3.21. The van der Waals surface area contributed by atoms with Crippen molar-refractivity contribution in [3.63, 3.8) is 0 Å². The number of hydrogen-bond acceptors (Lipinski definition) is 4. The topological polar surface area (TPSA) is 36.9 Å². The summed E-state index contributed by atoms with van der Waals surface area (Å²) < 4.78 is 21.7. The van der Waals surface area contributed by atoms with Gasteiger partial charge in [0.15, 0.2) is 0 Å². The van der Waals surface area contributed by atoms with Gasteiger partial charge in [-0.1, -0.05) is 90.4 Å². The molecule has 5 heteroatoms. The molecule has 0 unspecified atom stereocenters. The van der Waals surface area contributed by atoms with E-state index in [-0.39, 0.29) is 0 Å². The summed E-state index contributed by atoms with van der Waals surface area (Å²) in [5, 5.41) is 0. The molecule has 4 nitrogen and oxygen atoms in total. The minimum atomic E-state index is -2.55. The van der Waals surface area contributed by atoms with Gasteiger partial charge in [0.25, 0.3) is 0 Å². The molecule has 0 saturated heterocycles. The molecule has 0 fully saturated rings. The first-order valence-electron chi connectivity index (χ1n) is 10.5. The van der Waals surface area contributed by atoms with Gasteiger partial charge in [-0.3, -0.25) is 0 Å². The molecule has 0 aromatic rings. The van der Waals surface area contributed by atoms with Gasteiger partial charge in [0.2, 0.25) is 0 Å². The highest BCUT2D eigenvalue weighted by Gasteiger charge is 2.38. The van der Waals surface area contributed by atoms with E-state index >= 15 is 0 Å². The van der Waals surface area contributed by atoms with Gasteiger partial charge in [-0.25, -0.2) is 0 Å². The monoisotopic (exact) mass is 376 g/mol. The van der Waals surface area contributed by atoms with E-state index in [1.54, 1.807) is 21.3 Å². The molecule has 0 aromatic carbocycles. The van der Waals surface area contributed by atoms with Crippen molar-refractivity contribution in [2.75, 3.05) is 34.2 Å². The van der Waals surface area contributed by atoms with E-state index in [1.807, 2.05) is 0 Å². The van der Waals surface area contributed by atoms with Crippen LogP contribution >= 0.6 is 0 Å². The molecule has 0 saturated carbocycles. The fourth-order valence-corrected chi connectivity index (χ4v) is 4.27. The van der Waals surface area contributed by atoms with E-state index < -0.39 is 8.80 Å². The van der Waals surface area contributed by atoms with Crippen molar-refractivity contribution in [3.8, 4) is 0 Å². The molecule has 0 aliphatic heterocycles. The van der Waals surface area contributed by atoms with Crippen molar-refractivity contribution in [2.45, 2.75) is 96.8 Å². The van der Waals surface area contributed by atoms with Crippen LogP contribution in [0.5, 0.6) is 0 Å². The van der Waals surface area contributed by atoms with Gasteiger partial charge in [-0.05, 0) is 6.42 Å². The molecule has 0 spiro atoms.